The maximum absolute atomic E-state index is 11.9. The lowest BCUT2D eigenvalue weighted by Crippen LogP contribution is -2.17. The third-order valence-corrected chi connectivity index (χ3v) is 5.55. The zero-order chi connectivity index (χ0) is 10.7. The summed E-state index contributed by atoms with van der Waals surface area (Å²) in [5, 5.41) is 0. The van der Waals surface area contributed by atoms with E-state index in [1.54, 1.807) is 0 Å². The van der Waals surface area contributed by atoms with Gasteiger partial charge < -0.3 is 0 Å². The lowest BCUT2D eigenvalue weighted by Gasteiger charge is -2.01. The fourth-order valence-corrected chi connectivity index (χ4v) is 4.28. The standard InChI is InChI=1S/C12H14BrOS/c13-11-5-3-10(4-6-11)12(14)9-15-7-1-2-8-15/h3-6H,1-2,7-9H2/q+1. The monoisotopic (exact) mass is 285 g/mol. The average Bonchev–Trinajstić information content (AvgIpc) is 2.71. The molecule has 1 aliphatic rings. The number of benzene rings is 1. The maximum Gasteiger partial charge on any atom is 0.211 e. The number of rotatable bonds is 3. The quantitative estimate of drug-likeness (QED) is 0.616. The number of halogens is 1. The van der Waals surface area contributed by atoms with Crippen LogP contribution in [0.25, 0.3) is 0 Å². The summed E-state index contributed by atoms with van der Waals surface area (Å²) < 4.78 is 1.03. The lowest BCUT2D eigenvalue weighted by atomic mass is 10.2. The number of hydrogen-bond acceptors (Lipinski definition) is 1. The second-order valence-electron chi connectivity index (χ2n) is 3.80. The fourth-order valence-electron chi connectivity index (χ4n) is 1.76. The highest BCUT2D eigenvalue weighted by atomic mass is 79.9. The number of hydrogen-bond donors (Lipinski definition) is 0. The molecule has 1 aromatic rings. The van der Waals surface area contributed by atoms with E-state index in [1.807, 2.05) is 24.3 Å². The van der Waals surface area contributed by atoms with Gasteiger partial charge in [-0.15, -0.1) is 0 Å². The SMILES string of the molecule is O=C(C[S+]1CCCC1)c1ccc(Br)cc1. The molecule has 1 saturated heterocycles. The van der Waals surface area contributed by atoms with Gasteiger partial charge in [0.2, 0.25) is 5.78 Å². The van der Waals surface area contributed by atoms with Gasteiger partial charge in [-0.3, -0.25) is 4.79 Å². The fraction of sp³-hybridized carbons (Fsp3) is 0.417. The van der Waals surface area contributed by atoms with Crippen molar-refractivity contribution in [3.8, 4) is 0 Å². The molecule has 80 valence electrons. The summed E-state index contributed by atoms with van der Waals surface area (Å²) >= 11 is 3.37. The van der Waals surface area contributed by atoms with Crippen molar-refractivity contribution in [3.05, 3.63) is 34.3 Å². The van der Waals surface area contributed by atoms with Crippen molar-refractivity contribution in [2.75, 3.05) is 17.3 Å². The Morgan fingerprint density at radius 1 is 1.20 bits per heavy atom. The van der Waals surface area contributed by atoms with E-state index in [-0.39, 0.29) is 0 Å². The average molecular weight is 286 g/mol. The molecule has 1 fully saturated rings. The van der Waals surface area contributed by atoms with E-state index in [2.05, 4.69) is 15.9 Å². The molecule has 2 rings (SSSR count). The minimum absolute atomic E-state index is 0.313. The van der Waals surface area contributed by atoms with E-state index in [0.29, 0.717) is 16.7 Å². The van der Waals surface area contributed by atoms with E-state index in [0.717, 1.165) is 15.8 Å². The highest BCUT2D eigenvalue weighted by Gasteiger charge is 2.27. The lowest BCUT2D eigenvalue weighted by molar-refractivity contribution is 0.102. The molecule has 0 unspecified atom stereocenters. The Balaban J connectivity index is 1.98. The second kappa shape index (κ2) is 5.17. The number of carbonyl (C=O) groups excluding carboxylic acids is 1. The molecule has 1 nitrogen and oxygen atoms in total. The first-order valence-corrected chi connectivity index (χ1v) is 7.71. The number of Topliss-reactive ketones (excluding diaryl/α,β-unsaturated/α-hetero) is 1. The Hall–Kier alpha value is -0.280. The van der Waals surface area contributed by atoms with Crippen LogP contribution in [0.2, 0.25) is 0 Å². The molecule has 0 amide bonds. The number of ketones is 1. The molecule has 1 heterocycles. The van der Waals surface area contributed by atoms with Crippen molar-refractivity contribution in [1.82, 2.24) is 0 Å². The molecule has 0 aliphatic carbocycles. The Kier molecular flexibility index (Phi) is 3.87. The van der Waals surface area contributed by atoms with Gasteiger partial charge in [-0.05, 0) is 35.9 Å². The van der Waals surface area contributed by atoms with Gasteiger partial charge >= 0.3 is 0 Å². The molecule has 0 spiro atoms. The summed E-state index contributed by atoms with van der Waals surface area (Å²) in [6, 6.07) is 7.69. The molecular weight excluding hydrogens is 272 g/mol. The van der Waals surface area contributed by atoms with Crippen LogP contribution in [0.4, 0.5) is 0 Å². The zero-order valence-corrected chi connectivity index (χ0v) is 10.9. The normalized spacial score (nSPS) is 16.9. The van der Waals surface area contributed by atoms with Crippen LogP contribution < -0.4 is 0 Å². The third-order valence-electron chi connectivity index (χ3n) is 2.62. The Bertz CT molecular complexity index is 341. The van der Waals surface area contributed by atoms with Gasteiger partial charge in [0.1, 0.15) is 11.5 Å². The van der Waals surface area contributed by atoms with Crippen LogP contribution >= 0.6 is 15.9 Å². The minimum Gasteiger partial charge on any atom is -0.289 e. The Labute approximate surface area is 102 Å². The molecule has 1 aromatic carbocycles. The van der Waals surface area contributed by atoms with Crippen molar-refractivity contribution in [2.24, 2.45) is 0 Å². The van der Waals surface area contributed by atoms with Crippen molar-refractivity contribution < 1.29 is 4.79 Å². The molecule has 3 heteroatoms. The van der Waals surface area contributed by atoms with Gasteiger partial charge in [-0.2, -0.15) is 0 Å². The van der Waals surface area contributed by atoms with Crippen molar-refractivity contribution in [3.63, 3.8) is 0 Å². The second-order valence-corrected chi connectivity index (χ2v) is 7.05. The predicted molar refractivity (Wildman–Crippen MR) is 69.7 cm³/mol. The van der Waals surface area contributed by atoms with Gasteiger partial charge in [0.05, 0.1) is 0 Å². The largest absolute Gasteiger partial charge is 0.289 e. The molecule has 1 aliphatic heterocycles. The first kappa shape index (κ1) is 11.2. The molecule has 0 aromatic heterocycles. The molecule has 0 radical (unpaired) electrons. The zero-order valence-electron chi connectivity index (χ0n) is 8.54. The van der Waals surface area contributed by atoms with Crippen LogP contribution in [0.1, 0.15) is 23.2 Å². The summed E-state index contributed by atoms with van der Waals surface area (Å²) in [5.41, 5.74) is 0.859. The molecule has 0 bridgehead atoms. The topological polar surface area (TPSA) is 17.1 Å². The van der Waals surface area contributed by atoms with E-state index >= 15 is 0 Å². The van der Waals surface area contributed by atoms with E-state index in [1.165, 1.54) is 24.3 Å². The third kappa shape index (κ3) is 3.08. The summed E-state index contributed by atoms with van der Waals surface area (Å²) in [5.74, 6) is 3.61. The van der Waals surface area contributed by atoms with Crippen LogP contribution in [-0.2, 0) is 10.9 Å². The summed E-state index contributed by atoms with van der Waals surface area (Å²) in [6.45, 7) is 0. The Morgan fingerprint density at radius 2 is 1.80 bits per heavy atom. The number of carbonyl (C=O) groups is 1. The van der Waals surface area contributed by atoms with E-state index < -0.39 is 0 Å². The first-order valence-electron chi connectivity index (χ1n) is 5.18. The van der Waals surface area contributed by atoms with Crippen LogP contribution in [0.3, 0.4) is 0 Å². The van der Waals surface area contributed by atoms with Crippen LogP contribution in [0, 0.1) is 0 Å². The Morgan fingerprint density at radius 3 is 2.40 bits per heavy atom. The van der Waals surface area contributed by atoms with Gasteiger partial charge in [-0.25, -0.2) is 0 Å². The molecule has 0 saturated carbocycles. The highest BCUT2D eigenvalue weighted by molar-refractivity contribution is 9.10. The van der Waals surface area contributed by atoms with Gasteiger partial charge in [0.15, 0.2) is 5.75 Å². The first-order chi connectivity index (χ1) is 7.25. The van der Waals surface area contributed by atoms with Gasteiger partial charge in [0.25, 0.3) is 0 Å². The summed E-state index contributed by atoms with van der Waals surface area (Å²) in [6.07, 6.45) is 2.63. The van der Waals surface area contributed by atoms with E-state index in [4.69, 9.17) is 0 Å². The summed E-state index contributed by atoms with van der Waals surface area (Å²) in [7, 11) is 0.376. The summed E-state index contributed by atoms with van der Waals surface area (Å²) in [4.78, 5) is 11.9. The molecule has 0 N–H and O–H groups in total. The molecular formula is C12H14BrOS+. The predicted octanol–water partition coefficient (Wildman–Crippen LogP) is 3.04. The maximum atomic E-state index is 11.9. The highest BCUT2D eigenvalue weighted by Crippen LogP contribution is 2.16. The smallest absolute Gasteiger partial charge is 0.211 e. The molecule has 15 heavy (non-hydrogen) atoms. The van der Waals surface area contributed by atoms with Gasteiger partial charge in [-0.1, -0.05) is 28.1 Å². The van der Waals surface area contributed by atoms with Crippen molar-refractivity contribution >= 4 is 32.6 Å². The minimum atomic E-state index is 0.313. The van der Waals surface area contributed by atoms with E-state index in [9.17, 15) is 4.79 Å². The van der Waals surface area contributed by atoms with Crippen LogP contribution in [-0.4, -0.2) is 23.0 Å². The van der Waals surface area contributed by atoms with Crippen LogP contribution in [0.5, 0.6) is 0 Å². The van der Waals surface area contributed by atoms with Gasteiger partial charge in [0, 0.05) is 10.0 Å². The van der Waals surface area contributed by atoms with Crippen molar-refractivity contribution in [1.29, 1.82) is 0 Å². The van der Waals surface area contributed by atoms with Crippen molar-refractivity contribution in [2.45, 2.75) is 12.8 Å². The molecule has 0 atom stereocenters. The van der Waals surface area contributed by atoms with Crippen LogP contribution in [0.15, 0.2) is 28.7 Å².